The number of ether oxygens (including phenoxy) is 3. The third-order valence-corrected chi connectivity index (χ3v) is 4.47. The van der Waals surface area contributed by atoms with Crippen molar-refractivity contribution < 1.29 is 33.0 Å². The maximum absolute atomic E-state index is 13.1. The first-order valence-electron chi connectivity index (χ1n) is 9.17. The number of esters is 2. The zero-order chi connectivity index (χ0) is 21.8. The molecule has 0 bridgehead atoms. The summed E-state index contributed by atoms with van der Waals surface area (Å²) >= 11 is 0. The van der Waals surface area contributed by atoms with Gasteiger partial charge in [0.15, 0.2) is 0 Å². The number of carbonyl (C=O) groups is 3. The molecular formula is C22H21NO7. The highest BCUT2D eigenvalue weighted by atomic mass is 16.5. The Morgan fingerprint density at radius 1 is 1.00 bits per heavy atom. The fourth-order valence-electron chi connectivity index (χ4n) is 3.10. The second kappa shape index (κ2) is 8.69. The summed E-state index contributed by atoms with van der Waals surface area (Å²) in [6.45, 7) is 4.01. The zero-order valence-electron chi connectivity index (χ0n) is 17.0. The number of hydrogen-bond acceptors (Lipinski definition) is 7. The number of rotatable bonds is 6. The fourth-order valence-corrected chi connectivity index (χ4v) is 3.10. The van der Waals surface area contributed by atoms with Crippen LogP contribution in [-0.2, 0) is 9.47 Å². The highest BCUT2D eigenvalue weighted by Crippen LogP contribution is 2.30. The van der Waals surface area contributed by atoms with Gasteiger partial charge in [0.1, 0.15) is 17.1 Å². The van der Waals surface area contributed by atoms with Crippen molar-refractivity contribution in [2.45, 2.75) is 13.8 Å². The Hall–Kier alpha value is -3.81. The van der Waals surface area contributed by atoms with Crippen molar-refractivity contribution in [3.8, 4) is 5.75 Å². The smallest absolute Gasteiger partial charge is 0.339 e. The molecule has 0 aliphatic rings. The van der Waals surface area contributed by atoms with Crippen molar-refractivity contribution in [2.24, 2.45) is 0 Å². The fraction of sp³-hybridized carbons (Fsp3) is 0.227. The molecule has 2 aromatic carbocycles. The Bertz CT molecular complexity index is 1130. The number of fused-ring (bicyclic) bond motifs is 1. The predicted octanol–water partition coefficient (Wildman–Crippen LogP) is 3.97. The summed E-state index contributed by atoms with van der Waals surface area (Å²) in [5.41, 5.74) is 1.21. The minimum atomic E-state index is -0.658. The van der Waals surface area contributed by atoms with Gasteiger partial charge < -0.3 is 23.9 Å². The van der Waals surface area contributed by atoms with Crippen LogP contribution in [0.15, 0.2) is 40.8 Å². The van der Waals surface area contributed by atoms with Gasteiger partial charge in [-0.1, -0.05) is 0 Å². The van der Waals surface area contributed by atoms with E-state index in [0.29, 0.717) is 34.6 Å². The molecule has 0 aliphatic heterocycles. The summed E-state index contributed by atoms with van der Waals surface area (Å²) in [4.78, 5) is 37.1. The molecule has 8 heteroatoms. The number of aryl methyl sites for hydroxylation is 1. The number of carbonyl (C=O) groups excluding carboxylic acids is 3. The van der Waals surface area contributed by atoms with Gasteiger partial charge in [-0.15, -0.1) is 0 Å². The van der Waals surface area contributed by atoms with Crippen LogP contribution in [0.4, 0.5) is 5.69 Å². The molecule has 156 valence electrons. The molecule has 3 rings (SSSR count). The molecule has 8 nitrogen and oxygen atoms in total. The molecule has 3 aromatic rings. The molecular weight excluding hydrogens is 390 g/mol. The lowest BCUT2D eigenvalue weighted by atomic mass is 10.1. The number of anilines is 1. The molecule has 1 aromatic heterocycles. The number of nitrogens with one attached hydrogen (secondary N) is 1. The molecule has 0 atom stereocenters. The molecule has 0 fully saturated rings. The standard InChI is InChI=1S/C22H21NO7/c1-5-29-14-7-9-18-16(11-14)19(12(2)30-18)20(24)23-17-10-13(21(25)27-3)6-8-15(17)22(26)28-4/h6-11H,5H2,1-4H3,(H,23,24). The Kier molecular flexibility index (Phi) is 6.06. The number of amides is 1. The van der Waals surface area contributed by atoms with Crippen LogP contribution in [0.2, 0.25) is 0 Å². The minimum absolute atomic E-state index is 0.0963. The molecule has 0 radical (unpaired) electrons. The van der Waals surface area contributed by atoms with Crippen molar-refractivity contribution in [3.05, 3.63) is 58.8 Å². The highest BCUT2D eigenvalue weighted by molar-refractivity contribution is 6.15. The summed E-state index contributed by atoms with van der Waals surface area (Å²) in [5, 5.41) is 3.25. The molecule has 1 amide bonds. The van der Waals surface area contributed by atoms with E-state index in [0.717, 1.165) is 0 Å². The van der Waals surface area contributed by atoms with Crippen molar-refractivity contribution in [1.82, 2.24) is 0 Å². The summed E-state index contributed by atoms with van der Waals surface area (Å²) in [7, 11) is 2.47. The van der Waals surface area contributed by atoms with E-state index in [-0.39, 0.29) is 16.8 Å². The van der Waals surface area contributed by atoms with Gasteiger partial charge in [0, 0.05) is 5.39 Å². The van der Waals surface area contributed by atoms with E-state index in [9.17, 15) is 14.4 Å². The summed E-state index contributed by atoms with van der Waals surface area (Å²) < 4.78 is 20.7. The van der Waals surface area contributed by atoms with Crippen molar-refractivity contribution in [3.63, 3.8) is 0 Å². The molecule has 1 N–H and O–H groups in total. The zero-order valence-corrected chi connectivity index (χ0v) is 17.0. The molecule has 30 heavy (non-hydrogen) atoms. The number of hydrogen-bond donors (Lipinski definition) is 1. The Labute approximate surface area is 172 Å². The van der Waals surface area contributed by atoms with E-state index in [1.54, 1.807) is 25.1 Å². The molecule has 0 saturated carbocycles. The largest absolute Gasteiger partial charge is 0.494 e. The van der Waals surface area contributed by atoms with Crippen molar-refractivity contribution >= 4 is 34.5 Å². The first-order valence-corrected chi connectivity index (χ1v) is 9.17. The van der Waals surface area contributed by atoms with Gasteiger partial charge in [-0.3, -0.25) is 4.79 Å². The molecule has 0 spiro atoms. The predicted molar refractivity (Wildman–Crippen MR) is 109 cm³/mol. The van der Waals surface area contributed by atoms with Crippen LogP contribution in [0.3, 0.4) is 0 Å². The molecule has 0 aliphatic carbocycles. The first-order chi connectivity index (χ1) is 14.4. The van der Waals surface area contributed by atoms with Gasteiger partial charge in [-0.2, -0.15) is 0 Å². The lowest BCUT2D eigenvalue weighted by Crippen LogP contribution is -2.17. The minimum Gasteiger partial charge on any atom is -0.494 e. The Balaban J connectivity index is 2.05. The van der Waals surface area contributed by atoms with Crippen LogP contribution >= 0.6 is 0 Å². The van der Waals surface area contributed by atoms with E-state index < -0.39 is 17.8 Å². The van der Waals surface area contributed by atoms with Crippen LogP contribution < -0.4 is 10.1 Å². The maximum Gasteiger partial charge on any atom is 0.339 e. The van der Waals surface area contributed by atoms with Gasteiger partial charge in [0.05, 0.1) is 43.2 Å². The van der Waals surface area contributed by atoms with Crippen LogP contribution in [-0.4, -0.2) is 38.7 Å². The third-order valence-electron chi connectivity index (χ3n) is 4.47. The van der Waals surface area contributed by atoms with E-state index in [1.807, 2.05) is 6.92 Å². The third kappa shape index (κ3) is 3.98. The van der Waals surface area contributed by atoms with Crippen LogP contribution in [0, 0.1) is 6.92 Å². The van der Waals surface area contributed by atoms with Crippen LogP contribution in [0.25, 0.3) is 11.0 Å². The SMILES string of the molecule is CCOc1ccc2oc(C)c(C(=O)Nc3cc(C(=O)OC)ccc3C(=O)OC)c2c1. The van der Waals surface area contributed by atoms with Crippen molar-refractivity contribution in [2.75, 3.05) is 26.1 Å². The Morgan fingerprint density at radius 2 is 1.73 bits per heavy atom. The van der Waals surface area contributed by atoms with Crippen LogP contribution in [0.1, 0.15) is 43.8 Å². The maximum atomic E-state index is 13.1. The first kappa shape index (κ1) is 20.9. The number of benzene rings is 2. The molecule has 0 unspecified atom stereocenters. The van der Waals surface area contributed by atoms with E-state index in [2.05, 4.69) is 5.32 Å². The van der Waals surface area contributed by atoms with Crippen molar-refractivity contribution in [1.29, 1.82) is 0 Å². The number of furan rings is 1. The van der Waals surface area contributed by atoms with Gasteiger partial charge in [-0.25, -0.2) is 9.59 Å². The average molecular weight is 411 g/mol. The van der Waals surface area contributed by atoms with E-state index in [1.165, 1.54) is 32.4 Å². The highest BCUT2D eigenvalue weighted by Gasteiger charge is 2.22. The summed E-state index contributed by atoms with van der Waals surface area (Å²) in [5.74, 6) is -0.767. The van der Waals surface area contributed by atoms with E-state index in [4.69, 9.17) is 18.6 Å². The quantitative estimate of drug-likeness (QED) is 0.612. The lowest BCUT2D eigenvalue weighted by Gasteiger charge is -2.11. The topological polar surface area (TPSA) is 104 Å². The lowest BCUT2D eigenvalue weighted by molar-refractivity contribution is 0.0587. The molecule has 1 heterocycles. The normalized spacial score (nSPS) is 10.5. The summed E-state index contributed by atoms with van der Waals surface area (Å²) in [6.07, 6.45) is 0. The van der Waals surface area contributed by atoms with Gasteiger partial charge in [0.25, 0.3) is 5.91 Å². The molecule has 0 saturated heterocycles. The van der Waals surface area contributed by atoms with Gasteiger partial charge >= 0.3 is 11.9 Å². The van der Waals surface area contributed by atoms with Gasteiger partial charge in [0.2, 0.25) is 0 Å². The summed E-state index contributed by atoms with van der Waals surface area (Å²) in [6, 6.07) is 9.37. The second-order valence-corrected chi connectivity index (χ2v) is 6.32. The Morgan fingerprint density at radius 3 is 2.40 bits per heavy atom. The van der Waals surface area contributed by atoms with Crippen LogP contribution in [0.5, 0.6) is 5.75 Å². The average Bonchev–Trinajstić information content (AvgIpc) is 3.07. The monoisotopic (exact) mass is 411 g/mol. The van der Waals surface area contributed by atoms with Gasteiger partial charge in [-0.05, 0) is 50.2 Å². The number of methoxy groups -OCH3 is 2. The second-order valence-electron chi connectivity index (χ2n) is 6.32. The van der Waals surface area contributed by atoms with E-state index >= 15 is 0 Å².